The van der Waals surface area contributed by atoms with Gasteiger partial charge in [0.25, 0.3) is 0 Å². The van der Waals surface area contributed by atoms with E-state index in [4.69, 9.17) is 4.74 Å². The third kappa shape index (κ3) is 4.49. The van der Waals surface area contributed by atoms with E-state index in [1.807, 2.05) is 48.7 Å². The molecule has 1 aromatic carbocycles. The highest BCUT2D eigenvalue weighted by atomic mass is 16.5. The van der Waals surface area contributed by atoms with Crippen LogP contribution in [0.4, 0.5) is 11.5 Å². The number of nitrogens with zero attached hydrogens (tertiary/aromatic N) is 4. The van der Waals surface area contributed by atoms with Crippen LogP contribution in [-0.2, 0) is 17.6 Å². The average molecular weight is 444 g/mol. The molecule has 2 aliphatic rings. The summed E-state index contributed by atoms with van der Waals surface area (Å²) in [7, 11) is 1.69. The number of hydrogen-bond donors (Lipinski definition) is 1. The molecule has 170 valence electrons. The number of anilines is 2. The zero-order valence-electron chi connectivity index (χ0n) is 18.9. The van der Waals surface area contributed by atoms with Crippen molar-refractivity contribution in [2.45, 2.75) is 18.9 Å². The summed E-state index contributed by atoms with van der Waals surface area (Å²) < 4.78 is 5.49. The number of methoxy groups -OCH3 is 1. The molecule has 1 saturated heterocycles. The fraction of sp³-hybridized carbons (Fsp3) is 0.346. The summed E-state index contributed by atoms with van der Waals surface area (Å²) in [5, 5.41) is 3.18. The van der Waals surface area contributed by atoms with Crippen molar-refractivity contribution in [1.29, 1.82) is 0 Å². The molecule has 33 heavy (non-hydrogen) atoms. The fourth-order valence-electron chi connectivity index (χ4n) is 4.94. The highest BCUT2D eigenvalue weighted by molar-refractivity contribution is 5.82. The average Bonchev–Trinajstić information content (AvgIpc) is 2.88. The molecule has 7 nitrogen and oxygen atoms in total. The van der Waals surface area contributed by atoms with Crippen molar-refractivity contribution in [2.75, 3.05) is 43.1 Å². The zero-order valence-corrected chi connectivity index (χ0v) is 18.9. The Morgan fingerprint density at radius 1 is 1.09 bits per heavy atom. The second kappa shape index (κ2) is 9.48. The van der Waals surface area contributed by atoms with Gasteiger partial charge in [-0.15, -0.1) is 0 Å². The normalized spacial score (nSPS) is 19.4. The molecule has 2 atom stereocenters. The molecule has 4 heterocycles. The summed E-state index contributed by atoms with van der Waals surface area (Å²) in [6.07, 6.45) is 5.05. The van der Waals surface area contributed by atoms with E-state index in [0.717, 1.165) is 43.3 Å². The molecule has 7 heteroatoms. The van der Waals surface area contributed by atoms with Crippen LogP contribution in [0.1, 0.15) is 11.3 Å². The number of fused-ring (bicyclic) bond motifs is 3. The Labute approximate surface area is 194 Å². The highest BCUT2D eigenvalue weighted by Crippen LogP contribution is 2.38. The summed E-state index contributed by atoms with van der Waals surface area (Å²) in [5.74, 6) is 1.77. The number of carbonyl (C=O) groups excluding carboxylic acids is 1. The summed E-state index contributed by atoms with van der Waals surface area (Å²) in [5.41, 5.74) is 3.36. The van der Waals surface area contributed by atoms with E-state index in [9.17, 15) is 4.79 Å². The maximum absolute atomic E-state index is 13.4. The largest absolute Gasteiger partial charge is 0.497 e. The van der Waals surface area contributed by atoms with Gasteiger partial charge >= 0.3 is 0 Å². The zero-order chi connectivity index (χ0) is 22.6. The maximum Gasteiger partial charge on any atom is 0.225 e. The number of pyridine rings is 2. The van der Waals surface area contributed by atoms with Crippen molar-refractivity contribution in [1.82, 2.24) is 15.3 Å². The monoisotopic (exact) mass is 443 g/mol. The maximum atomic E-state index is 13.4. The van der Waals surface area contributed by atoms with Crippen molar-refractivity contribution >= 4 is 17.4 Å². The van der Waals surface area contributed by atoms with Crippen molar-refractivity contribution in [3.63, 3.8) is 0 Å². The third-order valence-electron chi connectivity index (χ3n) is 6.64. The number of amides is 1. The van der Waals surface area contributed by atoms with E-state index in [0.29, 0.717) is 13.0 Å². The second-order valence-corrected chi connectivity index (χ2v) is 8.56. The number of nitrogens with one attached hydrogen (secondary N) is 1. The van der Waals surface area contributed by atoms with Crippen LogP contribution in [0.15, 0.2) is 67.0 Å². The van der Waals surface area contributed by atoms with E-state index < -0.39 is 0 Å². The highest BCUT2D eigenvalue weighted by Gasteiger charge is 2.41. The molecular weight excluding hydrogens is 414 g/mol. The van der Waals surface area contributed by atoms with Gasteiger partial charge in [-0.05, 0) is 42.3 Å². The minimum Gasteiger partial charge on any atom is -0.497 e. The Morgan fingerprint density at radius 2 is 1.94 bits per heavy atom. The van der Waals surface area contributed by atoms with E-state index in [-0.39, 0.29) is 17.9 Å². The lowest BCUT2D eigenvalue weighted by atomic mass is 9.83. The lowest BCUT2D eigenvalue weighted by Gasteiger charge is -2.49. The molecule has 0 aliphatic carbocycles. The topological polar surface area (TPSA) is 70.6 Å². The number of piperazine rings is 1. The van der Waals surface area contributed by atoms with Gasteiger partial charge in [0, 0.05) is 62.4 Å². The summed E-state index contributed by atoms with van der Waals surface area (Å²) >= 11 is 0. The minimum atomic E-state index is -0.138. The van der Waals surface area contributed by atoms with Gasteiger partial charge < -0.3 is 19.9 Å². The van der Waals surface area contributed by atoms with Gasteiger partial charge in [0.05, 0.1) is 19.1 Å². The van der Waals surface area contributed by atoms with Crippen molar-refractivity contribution in [3.8, 4) is 5.75 Å². The van der Waals surface area contributed by atoms with Gasteiger partial charge in [0.15, 0.2) is 0 Å². The molecule has 3 aromatic rings. The number of hydrogen-bond acceptors (Lipinski definition) is 6. The SMILES string of the molecule is COc1ccc2c(c1)N1CCN(c3ccccn3)CC1C(C(=O)NCCc1ccccn1)C2. The molecular formula is C26H29N5O2. The Morgan fingerprint density at radius 3 is 2.70 bits per heavy atom. The molecule has 1 N–H and O–H groups in total. The van der Waals surface area contributed by atoms with Crippen molar-refractivity contribution in [3.05, 3.63) is 78.2 Å². The molecule has 1 fully saturated rings. The smallest absolute Gasteiger partial charge is 0.225 e. The lowest BCUT2D eigenvalue weighted by molar-refractivity contribution is -0.125. The van der Waals surface area contributed by atoms with Gasteiger partial charge in [0.2, 0.25) is 5.91 Å². The Kier molecular flexibility index (Phi) is 6.11. The first kappa shape index (κ1) is 21.2. The van der Waals surface area contributed by atoms with Crippen LogP contribution in [0, 0.1) is 5.92 Å². The van der Waals surface area contributed by atoms with Crippen LogP contribution in [0.25, 0.3) is 0 Å². The van der Waals surface area contributed by atoms with E-state index in [2.05, 4.69) is 37.2 Å². The summed E-state index contributed by atoms with van der Waals surface area (Å²) in [6.45, 7) is 3.03. The van der Waals surface area contributed by atoms with Gasteiger partial charge in [-0.3, -0.25) is 9.78 Å². The summed E-state index contributed by atoms with van der Waals surface area (Å²) in [6, 6.07) is 18.1. The Hall–Kier alpha value is -3.61. The van der Waals surface area contributed by atoms with E-state index in [1.54, 1.807) is 13.3 Å². The van der Waals surface area contributed by atoms with Crippen molar-refractivity contribution in [2.24, 2.45) is 5.92 Å². The number of aromatic nitrogens is 2. The first-order valence-electron chi connectivity index (χ1n) is 11.5. The number of benzene rings is 1. The van der Waals surface area contributed by atoms with Crippen LogP contribution in [0.2, 0.25) is 0 Å². The molecule has 2 unspecified atom stereocenters. The number of rotatable bonds is 6. The van der Waals surface area contributed by atoms with Gasteiger partial charge in [-0.2, -0.15) is 0 Å². The van der Waals surface area contributed by atoms with E-state index in [1.165, 1.54) is 11.3 Å². The fourth-order valence-corrected chi connectivity index (χ4v) is 4.94. The van der Waals surface area contributed by atoms with Gasteiger partial charge in [-0.1, -0.05) is 18.2 Å². The molecule has 2 aromatic heterocycles. The molecule has 0 spiro atoms. The standard InChI is InChI=1S/C26H29N5O2/c1-33-21-9-8-19-16-22(26(32)29-13-10-20-6-2-4-11-27-20)24-18-30(25-7-3-5-12-28-25)14-15-31(24)23(19)17-21/h2-9,11-12,17,22,24H,10,13-16,18H2,1H3,(H,29,32). The number of ether oxygens (including phenoxy) is 1. The molecule has 1 amide bonds. The van der Waals surface area contributed by atoms with Crippen LogP contribution < -0.4 is 19.9 Å². The summed E-state index contributed by atoms with van der Waals surface area (Å²) in [4.78, 5) is 27.0. The van der Waals surface area contributed by atoms with Crippen LogP contribution in [0.5, 0.6) is 5.75 Å². The predicted octanol–water partition coefficient (Wildman–Crippen LogP) is 2.71. The van der Waals surface area contributed by atoms with E-state index >= 15 is 0 Å². The van der Waals surface area contributed by atoms with Gasteiger partial charge in [0.1, 0.15) is 11.6 Å². The van der Waals surface area contributed by atoms with Gasteiger partial charge in [-0.25, -0.2) is 4.98 Å². The molecule has 0 saturated carbocycles. The van der Waals surface area contributed by atoms with Crippen LogP contribution in [-0.4, -0.2) is 55.2 Å². The molecule has 2 aliphatic heterocycles. The Balaban J connectivity index is 1.37. The van der Waals surface area contributed by atoms with Crippen LogP contribution in [0.3, 0.4) is 0 Å². The number of carbonyl (C=O) groups is 1. The third-order valence-corrected chi connectivity index (χ3v) is 6.64. The quantitative estimate of drug-likeness (QED) is 0.632. The first-order valence-corrected chi connectivity index (χ1v) is 11.5. The Bertz CT molecular complexity index is 1090. The lowest BCUT2D eigenvalue weighted by Crippen LogP contribution is -2.61. The van der Waals surface area contributed by atoms with Crippen molar-refractivity contribution < 1.29 is 9.53 Å². The second-order valence-electron chi connectivity index (χ2n) is 8.56. The predicted molar refractivity (Wildman–Crippen MR) is 129 cm³/mol. The minimum absolute atomic E-state index is 0.0650. The molecule has 5 rings (SSSR count). The molecule has 0 bridgehead atoms. The first-order chi connectivity index (χ1) is 16.2. The molecule has 0 radical (unpaired) electrons. The van der Waals surface area contributed by atoms with Crippen LogP contribution >= 0.6 is 0 Å².